The zero-order chi connectivity index (χ0) is 9.54. The van der Waals surface area contributed by atoms with Crippen LogP contribution in [-0.2, 0) is 0 Å². The fourth-order valence-corrected chi connectivity index (χ4v) is 1.46. The van der Waals surface area contributed by atoms with Crippen LogP contribution in [0.1, 0.15) is 10.4 Å². The molecule has 2 heterocycles. The quantitative estimate of drug-likeness (QED) is 0.549. The van der Waals surface area contributed by atoms with Gasteiger partial charge in [-0.2, -0.15) is 4.99 Å². The van der Waals surface area contributed by atoms with Crippen LogP contribution < -0.4 is 10.7 Å². The van der Waals surface area contributed by atoms with E-state index in [-0.39, 0.29) is 5.91 Å². The maximum atomic E-state index is 11.3. The summed E-state index contributed by atoms with van der Waals surface area (Å²) in [5.41, 5.74) is 1.23. The van der Waals surface area contributed by atoms with Crippen molar-refractivity contribution in [2.75, 3.05) is 0 Å². The van der Waals surface area contributed by atoms with Gasteiger partial charge in [0.15, 0.2) is 0 Å². The first-order valence-electron chi connectivity index (χ1n) is 4.04. The van der Waals surface area contributed by atoms with Crippen LogP contribution in [-0.4, -0.2) is 18.6 Å². The number of benzene rings is 1. The Hall–Kier alpha value is -2.17. The Labute approximate surface area is 78.3 Å². The molecule has 1 aromatic carbocycles. The first kappa shape index (κ1) is 7.25. The van der Waals surface area contributed by atoms with Crippen molar-refractivity contribution in [2.24, 2.45) is 20.0 Å². The van der Waals surface area contributed by atoms with Crippen LogP contribution in [0.15, 0.2) is 32.1 Å². The van der Waals surface area contributed by atoms with E-state index in [1.165, 1.54) is 12.7 Å². The summed E-state index contributed by atoms with van der Waals surface area (Å²) < 4.78 is 0. The first-order chi connectivity index (χ1) is 6.86. The van der Waals surface area contributed by atoms with Crippen molar-refractivity contribution < 1.29 is 4.79 Å². The summed E-state index contributed by atoms with van der Waals surface area (Å²) in [7, 11) is 0. The number of rotatable bonds is 0. The smallest absolute Gasteiger partial charge is 0.267 e. The molecule has 2 aliphatic heterocycles. The van der Waals surface area contributed by atoms with Crippen LogP contribution in [0.3, 0.4) is 0 Å². The fraction of sp³-hybridized carbons (Fsp3) is 0. The van der Waals surface area contributed by atoms with Crippen LogP contribution in [0.5, 0.6) is 0 Å². The Morgan fingerprint density at radius 2 is 1.71 bits per heavy atom. The van der Waals surface area contributed by atoms with Crippen molar-refractivity contribution in [1.82, 2.24) is 0 Å². The van der Waals surface area contributed by atoms with E-state index in [0.717, 1.165) is 5.69 Å². The standard InChI is InChI=1S/C9H4N4O/c14-9-5-1-2-6-8(12-3-10-6)7(5)11-4-13-9/h1-4H. The lowest BCUT2D eigenvalue weighted by Gasteiger charge is -2.00. The second-order valence-electron chi connectivity index (χ2n) is 2.88. The molecular weight excluding hydrogens is 180 g/mol. The third kappa shape index (κ3) is 0.806. The van der Waals surface area contributed by atoms with E-state index in [4.69, 9.17) is 0 Å². The lowest BCUT2D eigenvalue weighted by Crippen LogP contribution is -2.32. The summed E-state index contributed by atoms with van der Waals surface area (Å²) in [4.78, 5) is 27.0. The van der Waals surface area contributed by atoms with Crippen molar-refractivity contribution in [3.8, 4) is 0 Å². The SMILES string of the molecule is O=C1N=CN=c2c1ccc1c2=NC=N1. The first-order valence-corrected chi connectivity index (χ1v) is 4.04. The van der Waals surface area contributed by atoms with Gasteiger partial charge in [0.2, 0.25) is 0 Å². The number of carbonyl (C=O) groups excluding carboxylic acids is 1. The number of fused-ring (bicyclic) bond motifs is 3. The number of carbonyl (C=O) groups is 1. The van der Waals surface area contributed by atoms with Crippen LogP contribution in [0.25, 0.3) is 0 Å². The van der Waals surface area contributed by atoms with Crippen molar-refractivity contribution in [1.29, 1.82) is 0 Å². The van der Waals surface area contributed by atoms with Gasteiger partial charge in [-0.1, -0.05) is 0 Å². The molecule has 0 radical (unpaired) electrons. The molecule has 66 valence electrons. The number of amides is 1. The van der Waals surface area contributed by atoms with Crippen LogP contribution in [0, 0.1) is 0 Å². The van der Waals surface area contributed by atoms with E-state index < -0.39 is 0 Å². The van der Waals surface area contributed by atoms with Crippen LogP contribution >= 0.6 is 0 Å². The summed E-state index contributed by atoms with van der Waals surface area (Å²) in [6.07, 6.45) is 2.70. The molecule has 5 nitrogen and oxygen atoms in total. The van der Waals surface area contributed by atoms with E-state index in [0.29, 0.717) is 16.3 Å². The van der Waals surface area contributed by atoms with Crippen molar-refractivity contribution >= 4 is 24.3 Å². The van der Waals surface area contributed by atoms with Gasteiger partial charge in [0.25, 0.3) is 5.91 Å². The minimum atomic E-state index is -0.278. The number of hydrogen-bond acceptors (Lipinski definition) is 4. The van der Waals surface area contributed by atoms with Gasteiger partial charge in [-0.3, -0.25) is 4.79 Å². The molecule has 1 amide bonds. The van der Waals surface area contributed by atoms with E-state index in [9.17, 15) is 4.79 Å². The summed E-state index contributed by atoms with van der Waals surface area (Å²) >= 11 is 0. The lowest BCUT2D eigenvalue weighted by molar-refractivity contribution is 0.100. The molecule has 0 bridgehead atoms. The molecule has 1 aromatic rings. The van der Waals surface area contributed by atoms with Gasteiger partial charge in [0, 0.05) is 0 Å². The fourth-order valence-electron chi connectivity index (χ4n) is 1.46. The maximum absolute atomic E-state index is 11.3. The highest BCUT2D eigenvalue weighted by Crippen LogP contribution is 2.07. The van der Waals surface area contributed by atoms with E-state index in [1.807, 2.05) is 0 Å². The van der Waals surface area contributed by atoms with Gasteiger partial charge >= 0.3 is 0 Å². The largest absolute Gasteiger partial charge is 0.280 e. The minimum Gasteiger partial charge on any atom is -0.267 e. The Bertz CT molecular complexity index is 612. The molecule has 0 spiro atoms. The number of aliphatic imine (C=N–C) groups is 2. The summed E-state index contributed by atoms with van der Waals surface area (Å²) in [6, 6.07) is 3.42. The van der Waals surface area contributed by atoms with Gasteiger partial charge < -0.3 is 0 Å². The molecule has 0 atom stereocenters. The highest BCUT2D eigenvalue weighted by molar-refractivity contribution is 6.00. The number of nitrogens with zero attached hydrogens (tertiary/aromatic N) is 4. The molecular formula is C9H4N4O. The highest BCUT2D eigenvalue weighted by Gasteiger charge is 2.14. The van der Waals surface area contributed by atoms with E-state index >= 15 is 0 Å². The third-order valence-electron chi connectivity index (χ3n) is 2.11. The molecule has 0 saturated heterocycles. The minimum absolute atomic E-state index is 0.278. The average Bonchev–Trinajstić information content (AvgIpc) is 2.66. The Morgan fingerprint density at radius 1 is 0.929 bits per heavy atom. The normalized spacial score (nSPS) is 15.9. The van der Waals surface area contributed by atoms with Gasteiger partial charge in [0.05, 0.1) is 11.3 Å². The maximum Gasteiger partial charge on any atom is 0.280 e. The van der Waals surface area contributed by atoms with Crippen LogP contribution in [0.4, 0.5) is 5.69 Å². The van der Waals surface area contributed by atoms with Crippen molar-refractivity contribution in [3.05, 3.63) is 28.4 Å². The molecule has 0 aliphatic carbocycles. The van der Waals surface area contributed by atoms with E-state index in [2.05, 4.69) is 20.0 Å². The summed E-state index contributed by atoms with van der Waals surface area (Å²) in [5, 5.41) is 1.22. The summed E-state index contributed by atoms with van der Waals surface area (Å²) in [5.74, 6) is -0.278. The zero-order valence-corrected chi connectivity index (χ0v) is 7.01. The lowest BCUT2D eigenvalue weighted by atomic mass is 10.1. The molecule has 0 saturated carbocycles. The van der Waals surface area contributed by atoms with Gasteiger partial charge in [-0.05, 0) is 12.1 Å². The predicted octanol–water partition coefficient (Wildman–Crippen LogP) is -0.219. The molecule has 0 N–H and O–H groups in total. The van der Waals surface area contributed by atoms with Crippen LogP contribution in [0.2, 0.25) is 0 Å². The zero-order valence-electron chi connectivity index (χ0n) is 7.01. The highest BCUT2D eigenvalue weighted by atomic mass is 16.1. The van der Waals surface area contributed by atoms with Gasteiger partial charge in [-0.15, -0.1) is 0 Å². The van der Waals surface area contributed by atoms with Gasteiger partial charge in [-0.25, -0.2) is 15.0 Å². The van der Waals surface area contributed by atoms with Crippen molar-refractivity contribution in [2.45, 2.75) is 0 Å². The second-order valence-corrected chi connectivity index (χ2v) is 2.88. The Kier molecular flexibility index (Phi) is 1.25. The molecule has 14 heavy (non-hydrogen) atoms. The van der Waals surface area contributed by atoms with Gasteiger partial charge in [0.1, 0.15) is 23.4 Å². The Balaban J connectivity index is 2.53. The second kappa shape index (κ2) is 2.41. The van der Waals surface area contributed by atoms with E-state index in [1.54, 1.807) is 12.1 Å². The Morgan fingerprint density at radius 3 is 2.64 bits per heavy atom. The molecule has 5 heteroatoms. The predicted molar refractivity (Wildman–Crippen MR) is 49.7 cm³/mol. The molecule has 0 aromatic heterocycles. The third-order valence-corrected chi connectivity index (χ3v) is 2.11. The topological polar surface area (TPSA) is 66.5 Å². The monoisotopic (exact) mass is 184 g/mol. The molecule has 0 fully saturated rings. The summed E-state index contributed by atoms with van der Waals surface area (Å²) in [6.45, 7) is 0. The molecule has 2 aliphatic rings. The molecule has 3 rings (SSSR count). The number of hydrogen-bond donors (Lipinski definition) is 0. The van der Waals surface area contributed by atoms with Crippen molar-refractivity contribution in [3.63, 3.8) is 0 Å². The molecule has 0 unspecified atom stereocenters. The average molecular weight is 184 g/mol.